The van der Waals surface area contributed by atoms with E-state index in [-0.39, 0.29) is 5.92 Å². The summed E-state index contributed by atoms with van der Waals surface area (Å²) in [6.45, 7) is 7.69. The summed E-state index contributed by atoms with van der Waals surface area (Å²) in [5.41, 5.74) is 2.78. The predicted molar refractivity (Wildman–Crippen MR) is 105 cm³/mol. The van der Waals surface area contributed by atoms with Crippen molar-refractivity contribution in [3.05, 3.63) is 35.1 Å². The van der Waals surface area contributed by atoms with Gasteiger partial charge in [-0.2, -0.15) is 17.0 Å². The Hall–Kier alpha value is -1.55. The highest BCUT2D eigenvalue weighted by atomic mass is 32.2. The molecule has 0 aromatic carbocycles. The van der Waals surface area contributed by atoms with Crippen LogP contribution in [0.2, 0.25) is 0 Å². The monoisotopic (exact) mass is 395 g/mol. The van der Waals surface area contributed by atoms with Crippen LogP contribution >= 0.6 is 11.3 Å². The number of thiazole rings is 1. The summed E-state index contributed by atoms with van der Waals surface area (Å²) in [5, 5.41) is 6.05. The average Bonchev–Trinajstić information content (AvgIpc) is 3.27. The fraction of sp³-hybridized carbons (Fsp3) is 0.529. The van der Waals surface area contributed by atoms with Gasteiger partial charge in [0.1, 0.15) is 0 Å². The highest BCUT2D eigenvalue weighted by Gasteiger charge is 2.35. The summed E-state index contributed by atoms with van der Waals surface area (Å²) >= 11 is 1.54. The maximum absolute atomic E-state index is 12.7. The molecule has 0 unspecified atom stereocenters. The largest absolute Gasteiger partial charge is 0.331 e. The van der Waals surface area contributed by atoms with E-state index >= 15 is 0 Å². The number of hydrogen-bond donors (Lipinski definition) is 1. The molecule has 1 saturated heterocycles. The zero-order chi connectivity index (χ0) is 18.7. The number of anilines is 2. The van der Waals surface area contributed by atoms with Crippen LogP contribution in [0.5, 0.6) is 0 Å². The Balaban J connectivity index is 1.77. The van der Waals surface area contributed by atoms with E-state index in [1.165, 1.54) is 15.6 Å². The Morgan fingerprint density at radius 3 is 2.77 bits per heavy atom. The Bertz CT molecular complexity index is 835. The first kappa shape index (κ1) is 19.2. The van der Waals surface area contributed by atoms with Crippen molar-refractivity contribution in [3.8, 4) is 0 Å². The zero-order valence-electron chi connectivity index (χ0n) is 15.3. The highest BCUT2D eigenvalue weighted by Crippen LogP contribution is 2.31. The van der Waals surface area contributed by atoms with E-state index in [0.717, 1.165) is 28.6 Å². The quantitative estimate of drug-likeness (QED) is 0.780. The van der Waals surface area contributed by atoms with E-state index in [1.807, 2.05) is 38.3 Å². The first-order valence-corrected chi connectivity index (χ1v) is 11.1. The molecule has 0 saturated carbocycles. The molecule has 1 fully saturated rings. The summed E-state index contributed by atoms with van der Waals surface area (Å²) in [6.07, 6.45) is 2.54. The molecular weight excluding hydrogens is 370 g/mol. The molecule has 7 nitrogen and oxygen atoms in total. The van der Waals surface area contributed by atoms with E-state index in [9.17, 15) is 8.42 Å². The standard InChI is InChI=1S/C17H25N5O2S2/c1-4-21(5-2)26(23,24)22-8-6-14(12-22)16-11-15(10-13(3)19-16)20-17-18-7-9-25-17/h7,9-11,14H,4-6,8,12H2,1-3H3,(H,18,19,20)/t14-/m1/s1. The van der Waals surface area contributed by atoms with Crippen molar-refractivity contribution in [1.82, 2.24) is 18.6 Å². The highest BCUT2D eigenvalue weighted by molar-refractivity contribution is 7.86. The third-order valence-electron chi connectivity index (χ3n) is 4.58. The van der Waals surface area contributed by atoms with Crippen LogP contribution in [0.25, 0.3) is 0 Å². The molecule has 1 N–H and O–H groups in total. The Morgan fingerprint density at radius 2 is 2.12 bits per heavy atom. The zero-order valence-corrected chi connectivity index (χ0v) is 17.0. The molecule has 2 aromatic heterocycles. The lowest BCUT2D eigenvalue weighted by Crippen LogP contribution is -2.42. The van der Waals surface area contributed by atoms with Gasteiger partial charge in [0, 0.05) is 60.7 Å². The third-order valence-corrected chi connectivity index (χ3v) is 7.43. The van der Waals surface area contributed by atoms with Gasteiger partial charge in [0.2, 0.25) is 0 Å². The smallest absolute Gasteiger partial charge is 0.281 e. The molecule has 3 heterocycles. The number of hydrogen-bond acceptors (Lipinski definition) is 6. The van der Waals surface area contributed by atoms with E-state index in [0.29, 0.717) is 26.2 Å². The van der Waals surface area contributed by atoms with E-state index < -0.39 is 10.2 Å². The molecule has 3 rings (SSSR count). The van der Waals surface area contributed by atoms with Gasteiger partial charge in [-0.1, -0.05) is 13.8 Å². The molecule has 1 aliphatic heterocycles. The summed E-state index contributed by atoms with van der Waals surface area (Å²) < 4.78 is 28.6. The predicted octanol–water partition coefficient (Wildman–Crippen LogP) is 2.97. The van der Waals surface area contributed by atoms with Crippen LogP contribution in [0.4, 0.5) is 10.8 Å². The molecule has 1 aliphatic rings. The van der Waals surface area contributed by atoms with Gasteiger partial charge >= 0.3 is 0 Å². The average molecular weight is 396 g/mol. The molecular formula is C17H25N5O2S2. The summed E-state index contributed by atoms with van der Waals surface area (Å²) in [4.78, 5) is 8.90. The summed E-state index contributed by atoms with van der Waals surface area (Å²) in [5.74, 6) is 0.108. The molecule has 0 amide bonds. The second kappa shape index (κ2) is 7.99. The molecule has 0 spiro atoms. The Kier molecular flexibility index (Phi) is 5.91. The first-order valence-electron chi connectivity index (χ1n) is 8.84. The van der Waals surface area contributed by atoms with Crippen molar-refractivity contribution in [1.29, 1.82) is 0 Å². The molecule has 142 valence electrons. The van der Waals surface area contributed by atoms with E-state index in [1.54, 1.807) is 10.5 Å². The SMILES string of the molecule is CCN(CC)S(=O)(=O)N1CC[C@@H](c2cc(Nc3nccs3)cc(C)n2)C1. The fourth-order valence-electron chi connectivity index (χ4n) is 3.28. The van der Waals surface area contributed by atoms with Crippen molar-refractivity contribution >= 4 is 32.4 Å². The topological polar surface area (TPSA) is 78.4 Å². The minimum Gasteiger partial charge on any atom is -0.331 e. The lowest BCUT2D eigenvalue weighted by atomic mass is 10.0. The van der Waals surface area contributed by atoms with Crippen LogP contribution in [-0.2, 0) is 10.2 Å². The Labute approximate surface area is 159 Å². The fourth-order valence-corrected chi connectivity index (χ4v) is 5.51. The number of aryl methyl sites for hydroxylation is 1. The second-order valence-corrected chi connectivity index (χ2v) is 9.14. The lowest BCUT2D eigenvalue weighted by molar-refractivity contribution is 0.377. The van der Waals surface area contributed by atoms with Gasteiger partial charge in [0.25, 0.3) is 10.2 Å². The Morgan fingerprint density at radius 1 is 1.35 bits per heavy atom. The molecule has 26 heavy (non-hydrogen) atoms. The van der Waals surface area contributed by atoms with Crippen LogP contribution < -0.4 is 5.32 Å². The second-order valence-electron chi connectivity index (χ2n) is 6.32. The van der Waals surface area contributed by atoms with Gasteiger partial charge in [-0.25, -0.2) is 4.98 Å². The van der Waals surface area contributed by atoms with Crippen LogP contribution in [0.15, 0.2) is 23.7 Å². The van der Waals surface area contributed by atoms with Gasteiger partial charge in [-0.3, -0.25) is 4.98 Å². The number of aromatic nitrogens is 2. The maximum atomic E-state index is 12.7. The number of nitrogens with zero attached hydrogens (tertiary/aromatic N) is 4. The van der Waals surface area contributed by atoms with Crippen molar-refractivity contribution < 1.29 is 8.42 Å². The van der Waals surface area contributed by atoms with Crippen molar-refractivity contribution in [2.75, 3.05) is 31.5 Å². The molecule has 1 atom stereocenters. The number of rotatable bonds is 7. The minimum absolute atomic E-state index is 0.108. The first-order chi connectivity index (χ1) is 12.4. The molecule has 0 bridgehead atoms. The van der Waals surface area contributed by atoms with E-state index in [4.69, 9.17) is 0 Å². The van der Waals surface area contributed by atoms with Crippen molar-refractivity contribution in [2.45, 2.75) is 33.1 Å². The van der Waals surface area contributed by atoms with Gasteiger partial charge < -0.3 is 5.32 Å². The maximum Gasteiger partial charge on any atom is 0.281 e. The molecule has 0 aliphatic carbocycles. The van der Waals surface area contributed by atoms with Crippen molar-refractivity contribution in [2.24, 2.45) is 0 Å². The lowest BCUT2D eigenvalue weighted by Gasteiger charge is -2.25. The van der Waals surface area contributed by atoms with Gasteiger partial charge in [-0.15, -0.1) is 11.3 Å². The van der Waals surface area contributed by atoms with Gasteiger partial charge in [0.05, 0.1) is 0 Å². The summed E-state index contributed by atoms with van der Waals surface area (Å²) in [6, 6.07) is 3.98. The number of pyridine rings is 1. The molecule has 0 radical (unpaired) electrons. The normalized spacial score (nSPS) is 18.5. The van der Waals surface area contributed by atoms with Gasteiger partial charge in [0.15, 0.2) is 5.13 Å². The summed E-state index contributed by atoms with van der Waals surface area (Å²) in [7, 11) is -3.39. The van der Waals surface area contributed by atoms with Crippen LogP contribution in [0.1, 0.15) is 37.6 Å². The minimum atomic E-state index is -3.39. The van der Waals surface area contributed by atoms with Crippen LogP contribution in [0, 0.1) is 6.92 Å². The van der Waals surface area contributed by atoms with Crippen LogP contribution in [0.3, 0.4) is 0 Å². The number of nitrogens with one attached hydrogen (secondary N) is 1. The van der Waals surface area contributed by atoms with E-state index in [2.05, 4.69) is 15.3 Å². The molecule has 9 heteroatoms. The third kappa shape index (κ3) is 4.06. The molecule has 2 aromatic rings. The van der Waals surface area contributed by atoms with Crippen molar-refractivity contribution in [3.63, 3.8) is 0 Å². The van der Waals surface area contributed by atoms with Gasteiger partial charge in [-0.05, 0) is 25.5 Å². The van der Waals surface area contributed by atoms with Crippen LogP contribution in [-0.4, -0.2) is 53.2 Å².